The molecule has 0 spiro atoms. The van der Waals surface area contributed by atoms with Crippen LogP contribution in [0, 0.1) is 11.8 Å². The number of aryl methyl sites for hydroxylation is 1. The van der Waals surface area contributed by atoms with Crippen molar-refractivity contribution in [2.24, 2.45) is 11.8 Å². The van der Waals surface area contributed by atoms with Crippen LogP contribution in [0.5, 0.6) is 0 Å². The summed E-state index contributed by atoms with van der Waals surface area (Å²) in [6.07, 6.45) is 16.0. The van der Waals surface area contributed by atoms with Gasteiger partial charge in [0.1, 0.15) is 5.78 Å². The van der Waals surface area contributed by atoms with Crippen LogP contribution in [0.2, 0.25) is 0 Å². The fourth-order valence-corrected chi connectivity index (χ4v) is 8.03. The zero-order valence-electron chi connectivity index (χ0n) is 20.7. The number of fused-ring (bicyclic) bond motifs is 4. The summed E-state index contributed by atoms with van der Waals surface area (Å²) >= 11 is 0. The Balaban J connectivity index is 1.36. The van der Waals surface area contributed by atoms with Gasteiger partial charge in [0.15, 0.2) is 0 Å². The number of ketones is 1. The molecule has 2 aliphatic heterocycles. The van der Waals surface area contributed by atoms with E-state index in [1.54, 1.807) is 13.8 Å². The third-order valence-electron chi connectivity index (χ3n) is 9.23. The van der Waals surface area contributed by atoms with E-state index >= 15 is 0 Å². The second-order valence-electron chi connectivity index (χ2n) is 11.6. The van der Waals surface area contributed by atoms with E-state index in [0.29, 0.717) is 24.9 Å². The van der Waals surface area contributed by atoms with Gasteiger partial charge in [0.25, 0.3) is 0 Å². The number of rotatable bonds is 6. The highest BCUT2D eigenvalue weighted by Crippen LogP contribution is 2.46. The number of anilines is 1. The van der Waals surface area contributed by atoms with E-state index in [1.165, 1.54) is 57.8 Å². The van der Waals surface area contributed by atoms with Crippen molar-refractivity contribution in [3.8, 4) is 0 Å². The molecule has 1 amide bonds. The molecule has 2 saturated heterocycles. The third kappa shape index (κ3) is 4.92. The van der Waals surface area contributed by atoms with Crippen LogP contribution in [0.15, 0.2) is 24.3 Å². The lowest BCUT2D eigenvalue weighted by molar-refractivity contribution is -0.118. The quantitative estimate of drug-likeness (QED) is 0.540. The number of para-hydroxylation sites is 1. The van der Waals surface area contributed by atoms with E-state index in [1.807, 2.05) is 12.1 Å². The van der Waals surface area contributed by atoms with Crippen molar-refractivity contribution in [2.75, 3.05) is 4.90 Å². The number of carbonyl (C=O) groups excluding carboxylic acids is 2. The normalized spacial score (nSPS) is 34.0. The summed E-state index contributed by atoms with van der Waals surface area (Å²) in [6, 6.07) is 10.6. The average molecular weight is 451 g/mol. The first-order valence-electron chi connectivity index (χ1n) is 13.6. The van der Waals surface area contributed by atoms with Crippen molar-refractivity contribution in [2.45, 2.75) is 121 Å². The van der Waals surface area contributed by atoms with E-state index < -0.39 is 0 Å². The van der Waals surface area contributed by atoms with Gasteiger partial charge in [-0.2, -0.15) is 0 Å². The SMILES string of the molecule is CC(=O)CCc1ccccc1N(C(C)=O)C1C[C@H]2CCC[C@@H](C1)N2C1C[C@H]2CCC[C@@H](C1)C2. The Kier molecular flexibility index (Phi) is 6.92. The first-order valence-corrected chi connectivity index (χ1v) is 13.6. The van der Waals surface area contributed by atoms with Crippen molar-refractivity contribution in [1.29, 1.82) is 0 Å². The van der Waals surface area contributed by atoms with E-state index in [-0.39, 0.29) is 17.7 Å². The molecule has 6 atom stereocenters. The summed E-state index contributed by atoms with van der Waals surface area (Å²) in [6.45, 7) is 3.38. The molecule has 2 aliphatic carbocycles. The van der Waals surface area contributed by atoms with Gasteiger partial charge in [0.05, 0.1) is 0 Å². The Morgan fingerprint density at radius 2 is 1.48 bits per heavy atom. The summed E-state index contributed by atoms with van der Waals surface area (Å²) in [5.41, 5.74) is 2.17. The molecule has 33 heavy (non-hydrogen) atoms. The highest BCUT2D eigenvalue weighted by molar-refractivity contribution is 5.93. The van der Waals surface area contributed by atoms with Crippen molar-refractivity contribution in [3.05, 3.63) is 29.8 Å². The van der Waals surface area contributed by atoms with Crippen LogP contribution in [-0.2, 0) is 16.0 Å². The molecule has 5 rings (SSSR count). The monoisotopic (exact) mass is 450 g/mol. The molecule has 2 saturated carbocycles. The van der Waals surface area contributed by atoms with Crippen LogP contribution in [0.1, 0.15) is 96.5 Å². The van der Waals surface area contributed by atoms with Crippen molar-refractivity contribution in [3.63, 3.8) is 0 Å². The molecule has 2 heterocycles. The number of carbonyl (C=O) groups is 2. The molecule has 4 heteroatoms. The molecule has 4 aliphatic rings. The van der Waals surface area contributed by atoms with Gasteiger partial charge in [-0.25, -0.2) is 0 Å². The summed E-state index contributed by atoms with van der Waals surface area (Å²) in [7, 11) is 0. The van der Waals surface area contributed by atoms with Crippen LogP contribution in [-0.4, -0.2) is 40.8 Å². The molecule has 4 fully saturated rings. The average Bonchev–Trinajstić information content (AvgIpc) is 2.77. The molecule has 0 N–H and O–H groups in total. The molecule has 180 valence electrons. The van der Waals surface area contributed by atoms with Crippen LogP contribution in [0.3, 0.4) is 0 Å². The van der Waals surface area contributed by atoms with Gasteiger partial charge < -0.3 is 9.69 Å². The summed E-state index contributed by atoms with van der Waals surface area (Å²) < 4.78 is 0. The molecule has 0 radical (unpaired) electrons. The first kappa shape index (κ1) is 23.1. The van der Waals surface area contributed by atoms with E-state index in [0.717, 1.165) is 42.0 Å². The van der Waals surface area contributed by atoms with Crippen LogP contribution >= 0.6 is 0 Å². The van der Waals surface area contributed by atoms with Crippen molar-refractivity contribution >= 4 is 17.4 Å². The highest BCUT2D eigenvalue weighted by Gasteiger charge is 2.46. The van der Waals surface area contributed by atoms with Gasteiger partial charge in [-0.05, 0) is 81.8 Å². The number of piperidine rings is 2. The standard InChI is InChI=1S/C29H42N2O2/c1-20(32)13-14-24-9-3-4-12-29(24)30(21(2)33)28-18-25-10-6-11-26(19-28)31(25)27-16-22-7-5-8-23(15-22)17-27/h3-4,9,12,22-23,25-28H,5-8,10-11,13-19H2,1-2H3/t22-,23+,25-,26+,27?,28?. The second kappa shape index (κ2) is 9.90. The minimum Gasteiger partial charge on any atom is -0.309 e. The Bertz CT molecular complexity index is 841. The number of amides is 1. The number of Topliss-reactive ketones (excluding diaryl/α,β-unsaturated/α-hetero) is 1. The lowest BCUT2D eigenvalue weighted by Crippen LogP contribution is -2.61. The maximum Gasteiger partial charge on any atom is 0.224 e. The minimum atomic E-state index is 0.147. The molecule has 0 aromatic heterocycles. The van der Waals surface area contributed by atoms with E-state index in [4.69, 9.17) is 0 Å². The zero-order chi connectivity index (χ0) is 22.9. The molecule has 4 nitrogen and oxygen atoms in total. The number of hydrogen-bond acceptors (Lipinski definition) is 3. The fourth-order valence-electron chi connectivity index (χ4n) is 8.03. The van der Waals surface area contributed by atoms with Gasteiger partial charge in [0.2, 0.25) is 5.91 Å². The molecule has 2 unspecified atom stereocenters. The maximum absolute atomic E-state index is 13.0. The van der Waals surface area contributed by atoms with Gasteiger partial charge in [-0.3, -0.25) is 9.69 Å². The maximum atomic E-state index is 13.0. The molecule has 1 aromatic rings. The molecule has 1 aromatic carbocycles. The Hall–Kier alpha value is -1.68. The fraction of sp³-hybridized carbons (Fsp3) is 0.724. The van der Waals surface area contributed by atoms with Crippen molar-refractivity contribution < 1.29 is 9.59 Å². The Morgan fingerprint density at radius 1 is 0.848 bits per heavy atom. The summed E-state index contributed by atoms with van der Waals surface area (Å²) in [5.74, 6) is 2.28. The number of benzene rings is 1. The van der Waals surface area contributed by atoms with Gasteiger partial charge in [-0.1, -0.05) is 43.9 Å². The van der Waals surface area contributed by atoms with Gasteiger partial charge in [-0.15, -0.1) is 0 Å². The second-order valence-corrected chi connectivity index (χ2v) is 11.6. The highest BCUT2D eigenvalue weighted by atomic mass is 16.2. The third-order valence-corrected chi connectivity index (χ3v) is 9.23. The topological polar surface area (TPSA) is 40.6 Å². The van der Waals surface area contributed by atoms with Gasteiger partial charge in [0, 0.05) is 43.2 Å². The number of hydrogen-bond donors (Lipinski definition) is 0. The van der Waals surface area contributed by atoms with Gasteiger partial charge >= 0.3 is 0 Å². The van der Waals surface area contributed by atoms with E-state index in [2.05, 4.69) is 21.9 Å². The summed E-state index contributed by atoms with van der Waals surface area (Å²) in [4.78, 5) is 29.7. The van der Waals surface area contributed by atoms with Crippen LogP contribution in [0.4, 0.5) is 5.69 Å². The lowest BCUT2D eigenvalue weighted by atomic mass is 9.68. The predicted molar refractivity (Wildman–Crippen MR) is 133 cm³/mol. The van der Waals surface area contributed by atoms with Crippen LogP contribution in [0.25, 0.3) is 0 Å². The predicted octanol–water partition coefficient (Wildman–Crippen LogP) is 5.92. The lowest BCUT2D eigenvalue weighted by Gasteiger charge is -2.56. The minimum absolute atomic E-state index is 0.147. The number of nitrogens with zero attached hydrogens (tertiary/aromatic N) is 2. The Morgan fingerprint density at radius 3 is 2.12 bits per heavy atom. The smallest absolute Gasteiger partial charge is 0.224 e. The summed E-state index contributed by atoms with van der Waals surface area (Å²) in [5, 5.41) is 0. The van der Waals surface area contributed by atoms with Crippen LogP contribution < -0.4 is 4.90 Å². The van der Waals surface area contributed by atoms with Crippen molar-refractivity contribution in [1.82, 2.24) is 4.90 Å². The molecular formula is C29H42N2O2. The largest absolute Gasteiger partial charge is 0.309 e. The molecule has 4 bridgehead atoms. The Labute approximate surface area is 200 Å². The first-order chi connectivity index (χ1) is 16.0. The zero-order valence-corrected chi connectivity index (χ0v) is 20.7. The molecular weight excluding hydrogens is 408 g/mol. The van der Waals surface area contributed by atoms with E-state index in [9.17, 15) is 9.59 Å².